The van der Waals surface area contributed by atoms with Crippen LogP contribution in [0.5, 0.6) is 0 Å². The number of hydrogen-bond donors (Lipinski definition) is 0. The number of rotatable bonds is 4. The average molecular weight is 310 g/mol. The number of para-hydroxylation sites is 1. The first kappa shape index (κ1) is 15.5. The zero-order chi connectivity index (χ0) is 16.4. The van der Waals surface area contributed by atoms with Gasteiger partial charge in [0.2, 0.25) is 0 Å². The summed E-state index contributed by atoms with van der Waals surface area (Å²) in [5.74, 6) is 0.725. The highest BCUT2D eigenvalue weighted by molar-refractivity contribution is 6.06. The summed E-state index contributed by atoms with van der Waals surface area (Å²) in [4.78, 5) is 16.8. The van der Waals surface area contributed by atoms with Gasteiger partial charge in [-0.2, -0.15) is 0 Å². The standard InChI is InChI=1S/C18H22N4O/c1-4-21(5-2)17-11-10-15(19-20-17)18(23)22-13(3)12-14-8-6-7-9-16(14)22/h6-11,13H,4-5,12H2,1-3H3. The summed E-state index contributed by atoms with van der Waals surface area (Å²) in [5.41, 5.74) is 2.59. The van der Waals surface area contributed by atoms with Gasteiger partial charge in [-0.05, 0) is 51.0 Å². The molecule has 0 N–H and O–H groups in total. The molecule has 3 rings (SSSR count). The number of anilines is 2. The van der Waals surface area contributed by atoms with Crippen molar-refractivity contribution in [2.24, 2.45) is 0 Å². The summed E-state index contributed by atoms with van der Waals surface area (Å²) in [6.45, 7) is 7.96. The van der Waals surface area contributed by atoms with Crippen molar-refractivity contribution in [2.75, 3.05) is 22.9 Å². The van der Waals surface area contributed by atoms with Crippen LogP contribution in [0, 0.1) is 0 Å². The summed E-state index contributed by atoms with van der Waals surface area (Å²) in [7, 11) is 0. The Hall–Kier alpha value is -2.43. The van der Waals surface area contributed by atoms with Crippen molar-refractivity contribution in [2.45, 2.75) is 33.2 Å². The molecule has 0 saturated heterocycles. The second-order valence-corrected chi connectivity index (χ2v) is 5.81. The number of carbonyl (C=O) groups excluding carboxylic acids is 1. The molecule has 5 heteroatoms. The quantitative estimate of drug-likeness (QED) is 0.871. The highest BCUT2D eigenvalue weighted by atomic mass is 16.2. The number of fused-ring (bicyclic) bond motifs is 1. The second kappa shape index (κ2) is 6.36. The lowest BCUT2D eigenvalue weighted by molar-refractivity contribution is 0.0975. The van der Waals surface area contributed by atoms with Gasteiger partial charge in [0.25, 0.3) is 5.91 Å². The molecule has 1 aliphatic rings. The van der Waals surface area contributed by atoms with Gasteiger partial charge in [-0.15, -0.1) is 10.2 Å². The van der Waals surface area contributed by atoms with Gasteiger partial charge in [0, 0.05) is 24.8 Å². The van der Waals surface area contributed by atoms with E-state index < -0.39 is 0 Å². The number of hydrogen-bond acceptors (Lipinski definition) is 4. The Morgan fingerprint density at radius 3 is 2.57 bits per heavy atom. The van der Waals surface area contributed by atoms with E-state index in [0.717, 1.165) is 31.0 Å². The molecular formula is C18H22N4O. The molecule has 1 aromatic carbocycles. The molecular weight excluding hydrogens is 288 g/mol. The maximum atomic E-state index is 12.9. The van der Waals surface area contributed by atoms with Crippen molar-refractivity contribution in [3.05, 3.63) is 47.7 Å². The zero-order valence-electron chi connectivity index (χ0n) is 13.9. The van der Waals surface area contributed by atoms with Crippen LogP contribution < -0.4 is 9.80 Å². The molecule has 5 nitrogen and oxygen atoms in total. The number of amides is 1. The molecule has 1 aliphatic heterocycles. The first-order chi connectivity index (χ1) is 11.2. The Morgan fingerprint density at radius 1 is 1.17 bits per heavy atom. The molecule has 1 unspecified atom stereocenters. The predicted octanol–water partition coefficient (Wildman–Crippen LogP) is 2.91. The van der Waals surface area contributed by atoms with Crippen molar-refractivity contribution in [1.29, 1.82) is 0 Å². The normalized spacial score (nSPS) is 16.3. The van der Waals surface area contributed by atoms with E-state index in [2.05, 4.69) is 41.9 Å². The summed E-state index contributed by atoms with van der Waals surface area (Å²) in [6.07, 6.45) is 0.882. The highest BCUT2D eigenvalue weighted by Crippen LogP contribution is 2.32. The molecule has 0 spiro atoms. The van der Waals surface area contributed by atoms with Crippen LogP contribution in [-0.4, -0.2) is 35.2 Å². The maximum Gasteiger partial charge on any atom is 0.279 e. The number of aromatic nitrogens is 2. The third-order valence-corrected chi connectivity index (χ3v) is 4.38. The fourth-order valence-corrected chi connectivity index (χ4v) is 3.15. The Morgan fingerprint density at radius 2 is 1.91 bits per heavy atom. The molecule has 0 fully saturated rings. The molecule has 0 saturated carbocycles. The third kappa shape index (κ3) is 2.79. The average Bonchev–Trinajstić information content (AvgIpc) is 2.91. The van der Waals surface area contributed by atoms with Crippen molar-refractivity contribution in [3.63, 3.8) is 0 Å². The van der Waals surface area contributed by atoms with Crippen LogP contribution in [0.2, 0.25) is 0 Å². The van der Waals surface area contributed by atoms with E-state index in [1.807, 2.05) is 29.2 Å². The smallest absolute Gasteiger partial charge is 0.279 e. The summed E-state index contributed by atoms with van der Waals surface area (Å²) in [6, 6.07) is 11.8. The fourth-order valence-electron chi connectivity index (χ4n) is 3.15. The Labute approximate surface area is 136 Å². The Kier molecular flexibility index (Phi) is 4.28. The lowest BCUT2D eigenvalue weighted by Gasteiger charge is -2.23. The lowest BCUT2D eigenvalue weighted by Crippen LogP contribution is -2.36. The van der Waals surface area contributed by atoms with E-state index in [1.54, 1.807) is 6.07 Å². The van der Waals surface area contributed by atoms with Gasteiger partial charge in [-0.25, -0.2) is 0 Å². The van der Waals surface area contributed by atoms with Gasteiger partial charge >= 0.3 is 0 Å². The van der Waals surface area contributed by atoms with Crippen LogP contribution in [0.15, 0.2) is 36.4 Å². The van der Waals surface area contributed by atoms with Gasteiger partial charge < -0.3 is 9.80 Å². The molecule has 1 atom stereocenters. The van der Waals surface area contributed by atoms with Crippen molar-refractivity contribution in [3.8, 4) is 0 Å². The molecule has 2 aromatic rings. The van der Waals surface area contributed by atoms with Crippen molar-refractivity contribution in [1.82, 2.24) is 10.2 Å². The molecule has 120 valence electrons. The molecule has 0 bridgehead atoms. The molecule has 0 radical (unpaired) electrons. The molecule has 0 aliphatic carbocycles. The summed E-state index contributed by atoms with van der Waals surface area (Å²) < 4.78 is 0. The van der Waals surface area contributed by atoms with Crippen molar-refractivity contribution < 1.29 is 4.79 Å². The van der Waals surface area contributed by atoms with Crippen LogP contribution in [0.3, 0.4) is 0 Å². The maximum absolute atomic E-state index is 12.9. The van der Waals surface area contributed by atoms with E-state index in [1.165, 1.54) is 5.56 Å². The molecule has 1 amide bonds. The summed E-state index contributed by atoms with van der Waals surface area (Å²) in [5, 5.41) is 8.39. The van der Waals surface area contributed by atoms with Crippen LogP contribution in [0.1, 0.15) is 36.8 Å². The topological polar surface area (TPSA) is 49.3 Å². The largest absolute Gasteiger partial charge is 0.356 e. The van der Waals surface area contributed by atoms with Crippen LogP contribution >= 0.6 is 0 Å². The van der Waals surface area contributed by atoms with Crippen LogP contribution in [0.25, 0.3) is 0 Å². The lowest BCUT2D eigenvalue weighted by atomic mass is 10.1. The number of carbonyl (C=O) groups is 1. The fraction of sp³-hybridized carbons (Fsp3) is 0.389. The molecule has 1 aromatic heterocycles. The van der Waals surface area contributed by atoms with E-state index in [4.69, 9.17) is 0 Å². The van der Waals surface area contributed by atoms with Gasteiger partial charge in [-0.1, -0.05) is 18.2 Å². The van der Waals surface area contributed by atoms with Crippen LogP contribution in [-0.2, 0) is 6.42 Å². The highest BCUT2D eigenvalue weighted by Gasteiger charge is 2.32. The number of nitrogens with zero attached hydrogens (tertiary/aromatic N) is 4. The minimum absolute atomic E-state index is 0.0824. The van der Waals surface area contributed by atoms with Gasteiger partial charge in [0.05, 0.1) is 0 Å². The van der Waals surface area contributed by atoms with Crippen LogP contribution in [0.4, 0.5) is 11.5 Å². The number of benzene rings is 1. The zero-order valence-corrected chi connectivity index (χ0v) is 13.9. The van der Waals surface area contributed by atoms with E-state index in [0.29, 0.717) is 5.69 Å². The first-order valence-electron chi connectivity index (χ1n) is 8.15. The predicted molar refractivity (Wildman–Crippen MR) is 92.0 cm³/mol. The minimum Gasteiger partial charge on any atom is -0.356 e. The minimum atomic E-state index is -0.0824. The first-order valence-corrected chi connectivity index (χ1v) is 8.15. The summed E-state index contributed by atoms with van der Waals surface area (Å²) >= 11 is 0. The Bertz CT molecular complexity index is 694. The van der Waals surface area contributed by atoms with Gasteiger partial charge in [-0.3, -0.25) is 4.79 Å². The Balaban J connectivity index is 1.86. The van der Waals surface area contributed by atoms with E-state index in [-0.39, 0.29) is 11.9 Å². The van der Waals surface area contributed by atoms with E-state index >= 15 is 0 Å². The van der Waals surface area contributed by atoms with Gasteiger partial charge in [0.15, 0.2) is 11.5 Å². The molecule has 23 heavy (non-hydrogen) atoms. The molecule has 2 heterocycles. The van der Waals surface area contributed by atoms with Gasteiger partial charge in [0.1, 0.15) is 0 Å². The third-order valence-electron chi connectivity index (χ3n) is 4.38. The second-order valence-electron chi connectivity index (χ2n) is 5.81. The van der Waals surface area contributed by atoms with Crippen molar-refractivity contribution >= 4 is 17.4 Å². The van der Waals surface area contributed by atoms with E-state index in [9.17, 15) is 4.79 Å². The SMILES string of the molecule is CCN(CC)c1ccc(C(=O)N2c3ccccc3CC2C)nn1. The monoisotopic (exact) mass is 310 g/mol.